The van der Waals surface area contributed by atoms with Crippen molar-refractivity contribution in [3.05, 3.63) is 23.8 Å². The highest BCUT2D eigenvalue weighted by Crippen LogP contribution is 2.70. The van der Waals surface area contributed by atoms with Gasteiger partial charge < -0.3 is 43.0 Å². The molecule has 6 fully saturated rings. The predicted octanol–water partition coefficient (Wildman–Crippen LogP) is 3.60. The SMILES string of the molecule is CC(=O)OC[C@H]1O[C@@H](OCC(=O)[C@@]23O[C@H](C4CCCCC4)O[C@@H]2C[C@H]2[C@@H]4CCC5=CC(=O)C=C[C@]5(C)[C@H]4[C@@H](O)C[C@@]23C)[C@H](OC(C)=O)[C@@H](OC(C)=O)[C@@H]1OC(C)=O. The summed E-state index contributed by atoms with van der Waals surface area (Å²) < 4.78 is 48.1. The monoisotopic (exact) mass is 800 g/mol. The highest BCUT2D eigenvalue weighted by atomic mass is 16.8. The summed E-state index contributed by atoms with van der Waals surface area (Å²) in [6, 6.07) is 0. The zero-order valence-electron chi connectivity index (χ0n) is 33.6. The van der Waals surface area contributed by atoms with Crippen molar-refractivity contribution < 1.29 is 71.8 Å². The third kappa shape index (κ3) is 7.40. The van der Waals surface area contributed by atoms with E-state index in [0.717, 1.165) is 64.9 Å². The van der Waals surface area contributed by atoms with Crippen molar-refractivity contribution in [3.8, 4) is 0 Å². The van der Waals surface area contributed by atoms with E-state index in [-0.39, 0.29) is 35.9 Å². The van der Waals surface area contributed by atoms with Crippen LogP contribution in [-0.4, -0.2) is 109 Å². The molecule has 0 amide bonds. The molecule has 57 heavy (non-hydrogen) atoms. The van der Waals surface area contributed by atoms with Crippen LogP contribution in [0.3, 0.4) is 0 Å². The molecular weight excluding hydrogens is 744 g/mol. The molecule has 7 aliphatic rings. The number of hydrogen-bond donors (Lipinski definition) is 1. The van der Waals surface area contributed by atoms with Crippen molar-refractivity contribution in [2.24, 2.45) is 34.5 Å². The second kappa shape index (κ2) is 15.9. The summed E-state index contributed by atoms with van der Waals surface area (Å²) in [7, 11) is 0. The van der Waals surface area contributed by atoms with Crippen LogP contribution in [-0.2, 0) is 66.7 Å². The Kier molecular flexibility index (Phi) is 11.6. The number of aliphatic hydroxyl groups is 1. The lowest BCUT2D eigenvalue weighted by Crippen LogP contribution is -2.65. The zero-order valence-corrected chi connectivity index (χ0v) is 33.6. The average Bonchev–Trinajstić information content (AvgIpc) is 3.65. The van der Waals surface area contributed by atoms with Crippen LogP contribution >= 0.6 is 0 Å². The Labute approximate surface area is 332 Å². The number of esters is 4. The molecule has 5 aliphatic carbocycles. The van der Waals surface area contributed by atoms with Crippen LogP contribution in [0.4, 0.5) is 0 Å². The summed E-state index contributed by atoms with van der Waals surface area (Å²) in [6.45, 7) is 7.61. The Hall–Kier alpha value is -3.50. The van der Waals surface area contributed by atoms with Gasteiger partial charge in [0.05, 0.1) is 12.2 Å². The molecule has 7 rings (SSSR count). The lowest BCUT2D eigenvalue weighted by Gasteiger charge is -2.59. The first-order valence-electron chi connectivity index (χ1n) is 20.4. The number of allylic oxidation sites excluding steroid dienone is 4. The molecule has 0 radical (unpaired) electrons. The normalized spacial score (nSPS) is 42.4. The lowest BCUT2D eigenvalue weighted by molar-refractivity contribution is -0.307. The molecule has 0 aromatic heterocycles. The standard InChI is InChI=1S/C42H56O15/c1-21(43)50-19-31-35(52-22(2)44)36(53-23(3)45)37(54-24(4)46)39(55-31)51-20-32(49)42-33(56-38(57-42)25-10-8-7-9-11-25)17-29-28-13-12-26-16-27(47)14-15-40(26,5)34(28)30(48)18-41(29,42)6/h14-16,25,28-31,33-39,48H,7-13,17-20H2,1-6H3/t28-,29-,30-,31+,33+,34+,35+,36-,37+,38+,39+,40-,41-,42+/m0/s1. The van der Waals surface area contributed by atoms with E-state index >= 15 is 4.79 Å². The van der Waals surface area contributed by atoms with Crippen molar-refractivity contribution >= 4 is 35.4 Å². The number of carbonyl (C=O) groups is 6. The fourth-order valence-corrected chi connectivity index (χ4v) is 11.8. The van der Waals surface area contributed by atoms with E-state index < -0.39 is 109 Å². The summed E-state index contributed by atoms with van der Waals surface area (Å²) in [5.74, 6) is -3.70. The molecule has 0 unspecified atom stereocenters. The summed E-state index contributed by atoms with van der Waals surface area (Å²) >= 11 is 0. The quantitative estimate of drug-likeness (QED) is 0.248. The van der Waals surface area contributed by atoms with Crippen molar-refractivity contribution in [2.75, 3.05) is 13.2 Å². The summed E-state index contributed by atoms with van der Waals surface area (Å²) in [5, 5.41) is 12.2. The van der Waals surface area contributed by atoms with Gasteiger partial charge in [-0.2, -0.15) is 0 Å². The Morgan fingerprint density at radius 1 is 0.860 bits per heavy atom. The van der Waals surface area contributed by atoms with Gasteiger partial charge in [0.25, 0.3) is 0 Å². The first kappa shape index (κ1) is 41.7. The second-order valence-corrected chi connectivity index (χ2v) is 17.5. The molecule has 4 saturated carbocycles. The predicted molar refractivity (Wildman–Crippen MR) is 195 cm³/mol. The molecular formula is C42H56O15. The molecule has 15 nitrogen and oxygen atoms in total. The number of fused-ring (bicyclic) bond motifs is 7. The number of aliphatic hydroxyl groups excluding tert-OH is 1. The average molecular weight is 801 g/mol. The Morgan fingerprint density at radius 2 is 1.53 bits per heavy atom. The van der Waals surface area contributed by atoms with Crippen molar-refractivity contribution in [2.45, 2.75) is 154 Å². The second-order valence-electron chi connectivity index (χ2n) is 17.5. The largest absolute Gasteiger partial charge is 0.463 e. The Balaban J connectivity index is 1.21. The fraction of sp³-hybridized carbons (Fsp3) is 0.762. The Morgan fingerprint density at radius 3 is 2.19 bits per heavy atom. The van der Waals surface area contributed by atoms with E-state index in [2.05, 4.69) is 6.92 Å². The third-order valence-electron chi connectivity index (χ3n) is 14.0. The highest BCUT2D eigenvalue weighted by molar-refractivity contribution is 6.01. The number of rotatable bonds is 10. The van der Waals surface area contributed by atoms with Gasteiger partial charge >= 0.3 is 23.9 Å². The smallest absolute Gasteiger partial charge is 0.303 e. The van der Waals surface area contributed by atoms with Gasteiger partial charge in [-0.15, -0.1) is 0 Å². The molecule has 15 heteroatoms. The van der Waals surface area contributed by atoms with Gasteiger partial charge in [0.15, 0.2) is 48.1 Å². The van der Waals surface area contributed by atoms with Crippen LogP contribution in [0.25, 0.3) is 0 Å². The first-order valence-corrected chi connectivity index (χ1v) is 20.4. The van der Waals surface area contributed by atoms with E-state index in [9.17, 15) is 29.1 Å². The third-order valence-corrected chi connectivity index (χ3v) is 14.0. The topological polar surface area (TPSA) is 196 Å². The van der Waals surface area contributed by atoms with E-state index in [1.807, 2.05) is 13.0 Å². The van der Waals surface area contributed by atoms with Crippen LogP contribution in [0, 0.1) is 34.5 Å². The number of ether oxygens (including phenoxy) is 8. The van der Waals surface area contributed by atoms with Gasteiger partial charge in [-0.05, 0) is 62.5 Å². The fourth-order valence-electron chi connectivity index (χ4n) is 11.8. The molecule has 2 heterocycles. The van der Waals surface area contributed by atoms with Gasteiger partial charge in [-0.25, -0.2) is 0 Å². The number of hydrogen-bond acceptors (Lipinski definition) is 15. The number of Topliss-reactive ketones (excluding diaryl/α,β-unsaturated/α-hetero) is 1. The zero-order chi connectivity index (χ0) is 41.0. The molecule has 2 aliphatic heterocycles. The van der Waals surface area contributed by atoms with Crippen LogP contribution in [0.5, 0.6) is 0 Å². The maximum Gasteiger partial charge on any atom is 0.303 e. The van der Waals surface area contributed by atoms with E-state index in [1.54, 1.807) is 12.2 Å². The number of carbonyl (C=O) groups excluding carboxylic acids is 6. The molecule has 314 valence electrons. The maximum atomic E-state index is 15.2. The first-order chi connectivity index (χ1) is 27.0. The highest BCUT2D eigenvalue weighted by Gasteiger charge is 2.76. The minimum absolute atomic E-state index is 0.00460. The number of ketones is 2. The molecule has 2 saturated heterocycles. The molecule has 0 aromatic rings. The lowest BCUT2D eigenvalue weighted by atomic mass is 9.46. The van der Waals surface area contributed by atoms with Crippen LogP contribution in [0.1, 0.15) is 99.3 Å². The van der Waals surface area contributed by atoms with Gasteiger partial charge in [0.2, 0.25) is 0 Å². The van der Waals surface area contributed by atoms with Gasteiger partial charge in [-0.3, -0.25) is 28.8 Å². The summed E-state index contributed by atoms with van der Waals surface area (Å²) in [4.78, 5) is 76.5. The van der Waals surface area contributed by atoms with Gasteiger partial charge in [0, 0.05) is 50.4 Å². The van der Waals surface area contributed by atoms with E-state index in [4.69, 9.17) is 37.9 Å². The van der Waals surface area contributed by atoms with Crippen molar-refractivity contribution in [1.29, 1.82) is 0 Å². The van der Waals surface area contributed by atoms with Crippen LogP contribution in [0.15, 0.2) is 23.8 Å². The molecule has 0 bridgehead atoms. The van der Waals surface area contributed by atoms with Crippen molar-refractivity contribution in [1.82, 2.24) is 0 Å². The molecule has 1 N–H and O–H groups in total. The minimum Gasteiger partial charge on any atom is -0.463 e. The summed E-state index contributed by atoms with van der Waals surface area (Å²) in [6.07, 6.45) is 3.11. The maximum absolute atomic E-state index is 15.2. The van der Waals surface area contributed by atoms with Gasteiger partial charge in [-0.1, -0.05) is 44.8 Å². The molecule has 0 spiro atoms. The van der Waals surface area contributed by atoms with E-state index in [0.29, 0.717) is 12.8 Å². The molecule has 0 aromatic carbocycles. The van der Waals surface area contributed by atoms with Crippen LogP contribution in [0.2, 0.25) is 0 Å². The summed E-state index contributed by atoms with van der Waals surface area (Å²) in [5.41, 5.74) is -1.92. The van der Waals surface area contributed by atoms with Crippen LogP contribution < -0.4 is 0 Å². The Bertz CT molecular complexity index is 1700. The van der Waals surface area contributed by atoms with Crippen molar-refractivity contribution in [3.63, 3.8) is 0 Å². The van der Waals surface area contributed by atoms with Gasteiger partial charge in [0.1, 0.15) is 19.3 Å². The molecule has 14 atom stereocenters. The van der Waals surface area contributed by atoms with E-state index in [1.165, 1.54) is 6.92 Å². The minimum atomic E-state index is -1.56.